The average molecular weight is 333 g/mol. The summed E-state index contributed by atoms with van der Waals surface area (Å²) in [4.78, 5) is 26.2. The molecular formula is C22H23NO2. The topological polar surface area (TPSA) is 37.4 Å². The fourth-order valence-electron chi connectivity index (χ4n) is 4.26. The van der Waals surface area contributed by atoms with E-state index in [9.17, 15) is 9.59 Å². The van der Waals surface area contributed by atoms with Crippen LogP contribution in [-0.4, -0.2) is 23.3 Å². The van der Waals surface area contributed by atoms with Gasteiger partial charge in [0.2, 0.25) is 0 Å². The Morgan fingerprint density at radius 3 is 2.32 bits per heavy atom. The van der Waals surface area contributed by atoms with Gasteiger partial charge in [-0.05, 0) is 61.3 Å². The Bertz CT molecular complexity index is 776. The van der Waals surface area contributed by atoms with Gasteiger partial charge in [-0.2, -0.15) is 0 Å². The van der Waals surface area contributed by atoms with Crippen LogP contribution in [0.25, 0.3) is 0 Å². The number of rotatable bonds is 5. The van der Waals surface area contributed by atoms with Gasteiger partial charge in [-0.25, -0.2) is 0 Å². The van der Waals surface area contributed by atoms with Gasteiger partial charge in [0.1, 0.15) is 0 Å². The second-order valence-electron chi connectivity index (χ2n) is 7.09. The summed E-state index contributed by atoms with van der Waals surface area (Å²) in [6, 6.07) is 15.9. The first-order valence-corrected chi connectivity index (χ1v) is 9.29. The van der Waals surface area contributed by atoms with E-state index in [1.54, 1.807) is 12.1 Å². The number of unbranched alkanes of at least 4 members (excludes halogenated alkanes) is 1. The molecule has 2 aromatic rings. The van der Waals surface area contributed by atoms with Crippen molar-refractivity contribution in [3.8, 4) is 0 Å². The van der Waals surface area contributed by atoms with Crippen molar-refractivity contribution in [1.82, 2.24) is 4.90 Å². The molecule has 2 amide bonds. The predicted molar refractivity (Wildman–Crippen MR) is 97.8 cm³/mol. The SMILES string of the molecule is O=C1c2ccccc2C(=O)N1CCCCC1CCCc2ccccc21. The lowest BCUT2D eigenvalue weighted by molar-refractivity contribution is 0.0651. The first-order chi connectivity index (χ1) is 12.3. The van der Waals surface area contributed by atoms with Crippen LogP contribution in [0.3, 0.4) is 0 Å². The zero-order valence-corrected chi connectivity index (χ0v) is 14.4. The van der Waals surface area contributed by atoms with Gasteiger partial charge in [-0.3, -0.25) is 14.5 Å². The molecule has 128 valence electrons. The molecule has 1 aliphatic heterocycles. The van der Waals surface area contributed by atoms with Crippen LogP contribution in [-0.2, 0) is 6.42 Å². The monoisotopic (exact) mass is 333 g/mol. The number of hydrogen-bond donors (Lipinski definition) is 0. The van der Waals surface area contributed by atoms with Crippen LogP contribution in [0.15, 0.2) is 48.5 Å². The Morgan fingerprint density at radius 1 is 0.880 bits per heavy atom. The molecule has 0 bridgehead atoms. The van der Waals surface area contributed by atoms with E-state index in [4.69, 9.17) is 0 Å². The Kier molecular flexibility index (Phi) is 4.39. The molecule has 0 radical (unpaired) electrons. The zero-order valence-electron chi connectivity index (χ0n) is 14.4. The first-order valence-electron chi connectivity index (χ1n) is 9.29. The maximum absolute atomic E-state index is 12.4. The number of imide groups is 1. The van der Waals surface area contributed by atoms with E-state index in [1.165, 1.54) is 35.3 Å². The average Bonchev–Trinajstić information content (AvgIpc) is 2.90. The maximum atomic E-state index is 12.4. The number of carbonyl (C=O) groups excluding carboxylic acids is 2. The molecule has 0 spiro atoms. The lowest BCUT2D eigenvalue weighted by Gasteiger charge is -2.25. The number of amides is 2. The highest BCUT2D eigenvalue weighted by Crippen LogP contribution is 2.35. The summed E-state index contributed by atoms with van der Waals surface area (Å²) in [6.07, 6.45) is 6.78. The second kappa shape index (κ2) is 6.83. The summed E-state index contributed by atoms with van der Waals surface area (Å²) >= 11 is 0. The summed E-state index contributed by atoms with van der Waals surface area (Å²) in [7, 11) is 0. The van der Waals surface area contributed by atoms with E-state index in [2.05, 4.69) is 24.3 Å². The third kappa shape index (κ3) is 2.99. The zero-order chi connectivity index (χ0) is 17.2. The molecule has 1 aliphatic carbocycles. The summed E-state index contributed by atoms with van der Waals surface area (Å²) in [6.45, 7) is 0.528. The molecule has 2 aromatic carbocycles. The van der Waals surface area contributed by atoms with Gasteiger partial charge >= 0.3 is 0 Å². The summed E-state index contributed by atoms with van der Waals surface area (Å²) in [5, 5.41) is 0. The molecule has 0 fully saturated rings. The number of fused-ring (bicyclic) bond motifs is 2. The van der Waals surface area contributed by atoms with Gasteiger partial charge in [-0.15, -0.1) is 0 Å². The van der Waals surface area contributed by atoms with Crippen LogP contribution < -0.4 is 0 Å². The Morgan fingerprint density at radius 2 is 1.56 bits per heavy atom. The van der Waals surface area contributed by atoms with Gasteiger partial charge in [0.25, 0.3) is 11.8 Å². The Labute approximate surface area is 148 Å². The third-order valence-electron chi connectivity index (χ3n) is 5.56. The minimum atomic E-state index is -0.136. The molecular weight excluding hydrogens is 310 g/mol. The maximum Gasteiger partial charge on any atom is 0.261 e. The van der Waals surface area contributed by atoms with E-state index < -0.39 is 0 Å². The Hall–Kier alpha value is -2.42. The molecule has 3 heteroatoms. The van der Waals surface area contributed by atoms with E-state index in [1.807, 2.05) is 12.1 Å². The van der Waals surface area contributed by atoms with Gasteiger partial charge in [0.05, 0.1) is 11.1 Å². The fraction of sp³-hybridized carbons (Fsp3) is 0.364. The van der Waals surface area contributed by atoms with Crippen LogP contribution in [0, 0.1) is 0 Å². The number of aryl methyl sites for hydroxylation is 1. The van der Waals surface area contributed by atoms with Crippen molar-refractivity contribution in [2.45, 2.75) is 44.4 Å². The molecule has 0 aromatic heterocycles. The molecule has 25 heavy (non-hydrogen) atoms. The van der Waals surface area contributed by atoms with Gasteiger partial charge in [0, 0.05) is 6.54 Å². The van der Waals surface area contributed by atoms with Gasteiger partial charge in [0.15, 0.2) is 0 Å². The van der Waals surface area contributed by atoms with Gasteiger partial charge < -0.3 is 0 Å². The lowest BCUT2D eigenvalue weighted by Crippen LogP contribution is -2.30. The largest absolute Gasteiger partial charge is 0.274 e. The molecule has 1 heterocycles. The smallest absolute Gasteiger partial charge is 0.261 e. The highest BCUT2D eigenvalue weighted by molar-refractivity contribution is 6.21. The van der Waals surface area contributed by atoms with Crippen molar-refractivity contribution in [2.24, 2.45) is 0 Å². The molecule has 2 aliphatic rings. The van der Waals surface area contributed by atoms with Crippen LogP contribution in [0.4, 0.5) is 0 Å². The van der Waals surface area contributed by atoms with Crippen LogP contribution in [0.1, 0.15) is 69.9 Å². The molecule has 4 rings (SSSR count). The first kappa shape index (κ1) is 16.1. The van der Waals surface area contributed by atoms with Crippen molar-refractivity contribution < 1.29 is 9.59 Å². The molecule has 0 saturated carbocycles. The van der Waals surface area contributed by atoms with E-state index in [0.717, 1.165) is 19.3 Å². The van der Waals surface area contributed by atoms with Crippen LogP contribution in [0.5, 0.6) is 0 Å². The van der Waals surface area contributed by atoms with Crippen molar-refractivity contribution in [3.63, 3.8) is 0 Å². The minimum absolute atomic E-state index is 0.136. The molecule has 0 saturated heterocycles. The van der Waals surface area contributed by atoms with Crippen LogP contribution >= 0.6 is 0 Å². The van der Waals surface area contributed by atoms with E-state index >= 15 is 0 Å². The number of nitrogens with zero attached hydrogens (tertiary/aromatic N) is 1. The van der Waals surface area contributed by atoms with Crippen molar-refractivity contribution in [3.05, 3.63) is 70.8 Å². The predicted octanol–water partition coefficient (Wildman–Crippen LogP) is 4.57. The quantitative estimate of drug-likeness (QED) is 0.593. The summed E-state index contributed by atoms with van der Waals surface area (Å²) in [5.41, 5.74) is 4.11. The van der Waals surface area contributed by atoms with Crippen molar-refractivity contribution in [1.29, 1.82) is 0 Å². The lowest BCUT2D eigenvalue weighted by atomic mass is 9.80. The summed E-state index contributed by atoms with van der Waals surface area (Å²) in [5.74, 6) is 0.361. The molecule has 3 nitrogen and oxygen atoms in total. The second-order valence-corrected chi connectivity index (χ2v) is 7.09. The standard InChI is InChI=1S/C22H23NO2/c24-21-19-13-3-4-14-20(19)22(25)23(21)15-6-5-9-17-11-7-10-16-8-1-2-12-18(16)17/h1-4,8,12-14,17H,5-7,9-11,15H2. The number of hydrogen-bond acceptors (Lipinski definition) is 2. The van der Waals surface area contributed by atoms with E-state index in [0.29, 0.717) is 23.6 Å². The molecule has 0 N–H and O–H groups in total. The summed E-state index contributed by atoms with van der Waals surface area (Å²) < 4.78 is 0. The minimum Gasteiger partial charge on any atom is -0.274 e. The highest BCUT2D eigenvalue weighted by atomic mass is 16.2. The molecule has 1 atom stereocenters. The Balaban J connectivity index is 1.33. The van der Waals surface area contributed by atoms with E-state index in [-0.39, 0.29) is 11.8 Å². The normalized spacial score (nSPS) is 19.0. The van der Waals surface area contributed by atoms with Crippen molar-refractivity contribution >= 4 is 11.8 Å². The van der Waals surface area contributed by atoms with Crippen molar-refractivity contribution in [2.75, 3.05) is 6.54 Å². The number of carbonyl (C=O) groups is 2. The third-order valence-corrected chi connectivity index (χ3v) is 5.56. The molecule has 1 unspecified atom stereocenters. The number of benzene rings is 2. The fourth-order valence-corrected chi connectivity index (χ4v) is 4.26. The van der Waals surface area contributed by atoms with Gasteiger partial charge in [-0.1, -0.05) is 42.8 Å². The van der Waals surface area contributed by atoms with Crippen LogP contribution in [0.2, 0.25) is 0 Å². The highest BCUT2D eigenvalue weighted by Gasteiger charge is 2.34.